The van der Waals surface area contributed by atoms with Crippen LogP contribution < -0.4 is 11.1 Å². The van der Waals surface area contributed by atoms with Crippen molar-refractivity contribution < 1.29 is 9.18 Å². The number of halogens is 1. The Balaban J connectivity index is 1.66. The fourth-order valence-electron chi connectivity index (χ4n) is 2.86. The lowest BCUT2D eigenvalue weighted by atomic mass is 10.1. The van der Waals surface area contributed by atoms with E-state index in [1.807, 2.05) is 12.1 Å². The highest BCUT2D eigenvalue weighted by Crippen LogP contribution is 2.25. The number of nitrogens with two attached hydrogens (primary N) is 1. The van der Waals surface area contributed by atoms with Crippen LogP contribution in [-0.2, 0) is 6.54 Å². The summed E-state index contributed by atoms with van der Waals surface area (Å²) in [6.45, 7) is 0.520. The van der Waals surface area contributed by atoms with Gasteiger partial charge in [0, 0.05) is 23.9 Å². The van der Waals surface area contributed by atoms with Gasteiger partial charge in [0.25, 0.3) is 0 Å². The zero-order chi connectivity index (χ0) is 18.8. The number of hydrogen-bond acceptors (Lipinski definition) is 4. The number of primary amides is 1. The molecule has 0 fully saturated rings. The third kappa shape index (κ3) is 3.35. The van der Waals surface area contributed by atoms with Crippen molar-refractivity contribution in [2.45, 2.75) is 6.54 Å². The molecule has 1 amide bonds. The van der Waals surface area contributed by atoms with Gasteiger partial charge >= 0.3 is 0 Å². The highest BCUT2D eigenvalue weighted by atomic mass is 19.1. The third-order valence-electron chi connectivity index (χ3n) is 4.25. The predicted octanol–water partition coefficient (Wildman–Crippen LogP) is 3.25. The quantitative estimate of drug-likeness (QED) is 0.571. The van der Waals surface area contributed by atoms with Crippen LogP contribution in [-0.4, -0.2) is 20.5 Å². The molecular formula is C20H16FN5O. The molecular weight excluding hydrogens is 345 g/mol. The maximum Gasteiger partial charge on any atom is 0.248 e. The molecule has 2 heterocycles. The van der Waals surface area contributed by atoms with Crippen molar-refractivity contribution in [1.29, 1.82) is 0 Å². The second kappa shape index (κ2) is 6.87. The standard InChI is InChI=1S/C20H16FN5O/c21-16-6-4-13(5-7-16)11-24-18-8-9-23-20-17(12-25-26(18)20)14-2-1-3-15(10-14)19(22)27/h1-10,12,24H,11H2,(H2,22,27). The third-order valence-corrected chi connectivity index (χ3v) is 4.25. The van der Waals surface area contributed by atoms with Crippen LogP contribution in [0, 0.1) is 5.82 Å². The molecule has 0 atom stereocenters. The van der Waals surface area contributed by atoms with Gasteiger partial charge < -0.3 is 11.1 Å². The van der Waals surface area contributed by atoms with E-state index >= 15 is 0 Å². The first-order valence-corrected chi connectivity index (χ1v) is 8.33. The maximum absolute atomic E-state index is 13.0. The Morgan fingerprint density at radius 2 is 1.96 bits per heavy atom. The topological polar surface area (TPSA) is 85.3 Å². The number of hydrogen-bond donors (Lipinski definition) is 2. The highest BCUT2D eigenvalue weighted by molar-refractivity contribution is 5.94. The minimum atomic E-state index is -0.483. The van der Waals surface area contributed by atoms with Gasteiger partial charge in [-0.3, -0.25) is 4.79 Å². The molecule has 0 saturated carbocycles. The Bertz CT molecular complexity index is 1120. The largest absolute Gasteiger partial charge is 0.366 e. The number of amides is 1. The Morgan fingerprint density at radius 1 is 1.15 bits per heavy atom. The molecule has 4 aromatic rings. The van der Waals surface area contributed by atoms with Gasteiger partial charge in [-0.05, 0) is 41.5 Å². The molecule has 0 spiro atoms. The van der Waals surface area contributed by atoms with E-state index in [1.54, 1.807) is 47.2 Å². The fourth-order valence-corrected chi connectivity index (χ4v) is 2.86. The zero-order valence-electron chi connectivity index (χ0n) is 14.3. The molecule has 7 heteroatoms. The summed E-state index contributed by atoms with van der Waals surface area (Å²) in [5.41, 5.74) is 9.00. The van der Waals surface area contributed by atoms with Crippen LogP contribution in [0.25, 0.3) is 16.8 Å². The number of nitrogens with zero attached hydrogens (tertiary/aromatic N) is 3. The van der Waals surface area contributed by atoms with Crippen molar-refractivity contribution in [2.24, 2.45) is 5.73 Å². The molecule has 0 radical (unpaired) electrons. The van der Waals surface area contributed by atoms with Gasteiger partial charge in [-0.25, -0.2) is 9.37 Å². The van der Waals surface area contributed by atoms with Gasteiger partial charge in [0.05, 0.1) is 6.20 Å². The summed E-state index contributed by atoms with van der Waals surface area (Å²) >= 11 is 0. The average Bonchev–Trinajstić information content (AvgIpc) is 3.12. The maximum atomic E-state index is 13.0. The van der Waals surface area contributed by atoms with Gasteiger partial charge in [0.15, 0.2) is 5.65 Å². The van der Waals surface area contributed by atoms with Crippen molar-refractivity contribution in [3.63, 3.8) is 0 Å². The lowest BCUT2D eigenvalue weighted by Crippen LogP contribution is -2.10. The van der Waals surface area contributed by atoms with Gasteiger partial charge in [-0.1, -0.05) is 24.3 Å². The van der Waals surface area contributed by atoms with E-state index in [0.717, 1.165) is 22.5 Å². The van der Waals surface area contributed by atoms with Crippen LogP contribution in [0.3, 0.4) is 0 Å². The summed E-state index contributed by atoms with van der Waals surface area (Å²) in [7, 11) is 0. The van der Waals surface area contributed by atoms with Gasteiger partial charge in [-0.2, -0.15) is 9.61 Å². The van der Waals surface area contributed by atoms with Gasteiger partial charge in [0.1, 0.15) is 11.6 Å². The van der Waals surface area contributed by atoms with Crippen molar-refractivity contribution in [3.05, 3.63) is 83.9 Å². The molecule has 0 aliphatic heterocycles. The molecule has 6 nitrogen and oxygen atoms in total. The summed E-state index contributed by atoms with van der Waals surface area (Å²) in [5, 5.41) is 7.69. The number of nitrogens with one attached hydrogen (secondary N) is 1. The van der Waals surface area contributed by atoms with Crippen LogP contribution >= 0.6 is 0 Å². The molecule has 2 aromatic carbocycles. The second-order valence-corrected chi connectivity index (χ2v) is 6.05. The first-order chi connectivity index (χ1) is 13.1. The van der Waals surface area contributed by atoms with Crippen molar-refractivity contribution in [3.8, 4) is 11.1 Å². The number of benzene rings is 2. The minimum absolute atomic E-state index is 0.264. The van der Waals surface area contributed by atoms with E-state index in [-0.39, 0.29) is 5.82 Å². The number of rotatable bonds is 5. The van der Waals surface area contributed by atoms with E-state index in [2.05, 4.69) is 15.4 Å². The average molecular weight is 361 g/mol. The zero-order valence-corrected chi connectivity index (χ0v) is 14.3. The number of fused-ring (bicyclic) bond motifs is 1. The van der Waals surface area contributed by atoms with Crippen molar-refractivity contribution >= 4 is 17.4 Å². The van der Waals surface area contributed by atoms with E-state index in [0.29, 0.717) is 17.8 Å². The number of carbonyl (C=O) groups excluding carboxylic acids is 1. The summed E-state index contributed by atoms with van der Waals surface area (Å²) in [6, 6.07) is 15.2. The first kappa shape index (κ1) is 16.7. The summed E-state index contributed by atoms with van der Waals surface area (Å²) in [6.07, 6.45) is 3.39. The summed E-state index contributed by atoms with van der Waals surface area (Å²) in [4.78, 5) is 15.8. The van der Waals surface area contributed by atoms with Gasteiger partial charge in [0.2, 0.25) is 5.91 Å². The van der Waals surface area contributed by atoms with E-state index in [4.69, 9.17) is 5.73 Å². The lowest BCUT2D eigenvalue weighted by molar-refractivity contribution is 0.100. The van der Waals surface area contributed by atoms with Crippen LogP contribution in [0.5, 0.6) is 0 Å². The Hall–Kier alpha value is -3.74. The summed E-state index contributed by atoms with van der Waals surface area (Å²) < 4.78 is 14.7. The van der Waals surface area contributed by atoms with Crippen LogP contribution in [0.4, 0.5) is 10.2 Å². The molecule has 4 rings (SSSR count). The van der Waals surface area contributed by atoms with Crippen molar-refractivity contribution in [2.75, 3.05) is 5.32 Å². The smallest absolute Gasteiger partial charge is 0.248 e. The SMILES string of the molecule is NC(=O)c1cccc(-c2cnn3c(NCc4ccc(F)cc4)ccnc23)c1. The molecule has 0 aliphatic carbocycles. The molecule has 0 unspecified atom stereocenters. The normalized spacial score (nSPS) is 10.9. The van der Waals surface area contributed by atoms with Crippen molar-refractivity contribution in [1.82, 2.24) is 14.6 Å². The number of carbonyl (C=O) groups is 1. The first-order valence-electron chi connectivity index (χ1n) is 8.33. The Morgan fingerprint density at radius 3 is 2.74 bits per heavy atom. The molecule has 0 aliphatic rings. The number of aromatic nitrogens is 3. The second-order valence-electron chi connectivity index (χ2n) is 6.05. The minimum Gasteiger partial charge on any atom is -0.366 e. The summed E-state index contributed by atoms with van der Waals surface area (Å²) in [5.74, 6) is 0.00419. The van der Waals surface area contributed by atoms with E-state index < -0.39 is 5.91 Å². The molecule has 3 N–H and O–H groups in total. The lowest BCUT2D eigenvalue weighted by Gasteiger charge is -2.08. The monoisotopic (exact) mass is 361 g/mol. The predicted molar refractivity (Wildman–Crippen MR) is 101 cm³/mol. The van der Waals surface area contributed by atoms with Crippen LogP contribution in [0.2, 0.25) is 0 Å². The number of anilines is 1. The van der Waals surface area contributed by atoms with E-state index in [9.17, 15) is 9.18 Å². The van der Waals surface area contributed by atoms with Gasteiger partial charge in [-0.15, -0.1) is 0 Å². The molecule has 0 saturated heterocycles. The Kier molecular flexibility index (Phi) is 4.25. The molecule has 2 aromatic heterocycles. The van der Waals surface area contributed by atoms with Crippen LogP contribution in [0.1, 0.15) is 15.9 Å². The van der Waals surface area contributed by atoms with E-state index in [1.165, 1.54) is 12.1 Å². The molecule has 27 heavy (non-hydrogen) atoms. The fraction of sp³-hybridized carbons (Fsp3) is 0.0500. The van der Waals surface area contributed by atoms with Crippen LogP contribution in [0.15, 0.2) is 67.0 Å². The Labute approximate surface area is 154 Å². The highest BCUT2D eigenvalue weighted by Gasteiger charge is 2.12. The molecule has 0 bridgehead atoms. The molecule has 134 valence electrons.